The lowest BCUT2D eigenvalue weighted by Gasteiger charge is -2.32. The van der Waals surface area contributed by atoms with Crippen molar-refractivity contribution >= 4 is 5.91 Å². The Labute approximate surface area is 158 Å². The molecule has 140 valence electrons. The molecule has 27 heavy (non-hydrogen) atoms. The topological polar surface area (TPSA) is 77.0 Å². The predicted octanol–water partition coefficient (Wildman–Crippen LogP) is 2.90. The van der Waals surface area contributed by atoms with E-state index < -0.39 is 0 Å². The summed E-state index contributed by atoms with van der Waals surface area (Å²) >= 11 is 0. The standard InChI is InChI=1S/C20H23N5O2/c1-2-17-11-18(27-23-17)20(26)25-9-4-6-16(14-25)19-22-8-10-24(19)13-15-5-3-7-21-12-15/h3,5,7-8,10-12,16H,2,4,6,9,13-14H2,1H3/t16-/m1/s1. The van der Waals surface area contributed by atoms with Crippen LogP contribution in [-0.4, -0.2) is 43.6 Å². The van der Waals surface area contributed by atoms with Crippen molar-refractivity contribution in [2.45, 2.75) is 38.6 Å². The fourth-order valence-corrected chi connectivity index (χ4v) is 3.61. The summed E-state index contributed by atoms with van der Waals surface area (Å²) in [5, 5.41) is 3.94. The van der Waals surface area contributed by atoms with Crippen LogP contribution in [0, 0.1) is 0 Å². The smallest absolute Gasteiger partial charge is 0.292 e. The summed E-state index contributed by atoms with van der Waals surface area (Å²) in [4.78, 5) is 23.4. The first-order valence-electron chi connectivity index (χ1n) is 9.39. The van der Waals surface area contributed by atoms with Crippen molar-refractivity contribution in [1.82, 2.24) is 24.6 Å². The number of aromatic nitrogens is 4. The van der Waals surface area contributed by atoms with E-state index in [0.29, 0.717) is 12.3 Å². The number of imidazole rings is 1. The molecule has 1 aliphatic rings. The maximum atomic E-state index is 12.8. The maximum absolute atomic E-state index is 12.8. The van der Waals surface area contributed by atoms with Gasteiger partial charge in [0.05, 0.1) is 12.2 Å². The molecule has 0 aromatic carbocycles. The first kappa shape index (κ1) is 17.5. The van der Waals surface area contributed by atoms with Crippen molar-refractivity contribution in [3.63, 3.8) is 0 Å². The van der Waals surface area contributed by atoms with Crippen molar-refractivity contribution in [3.05, 3.63) is 65.8 Å². The van der Waals surface area contributed by atoms with Crippen LogP contribution < -0.4 is 0 Å². The zero-order valence-corrected chi connectivity index (χ0v) is 15.4. The average molecular weight is 365 g/mol. The first-order valence-corrected chi connectivity index (χ1v) is 9.39. The van der Waals surface area contributed by atoms with Crippen LogP contribution in [0.4, 0.5) is 0 Å². The molecular weight excluding hydrogens is 342 g/mol. The molecular formula is C20H23N5O2. The third-order valence-electron chi connectivity index (χ3n) is 5.03. The number of aryl methyl sites for hydroxylation is 1. The van der Waals surface area contributed by atoms with Gasteiger partial charge in [-0.05, 0) is 30.9 Å². The summed E-state index contributed by atoms with van der Waals surface area (Å²) in [7, 11) is 0. The minimum atomic E-state index is -0.0859. The molecule has 0 spiro atoms. The monoisotopic (exact) mass is 365 g/mol. The highest BCUT2D eigenvalue weighted by Crippen LogP contribution is 2.27. The Balaban J connectivity index is 1.49. The largest absolute Gasteiger partial charge is 0.351 e. The molecule has 0 N–H and O–H groups in total. The summed E-state index contributed by atoms with van der Waals surface area (Å²) in [6.45, 7) is 4.10. The van der Waals surface area contributed by atoms with Gasteiger partial charge < -0.3 is 14.0 Å². The molecule has 0 aliphatic carbocycles. The number of amides is 1. The van der Waals surface area contributed by atoms with Crippen molar-refractivity contribution in [2.75, 3.05) is 13.1 Å². The quantitative estimate of drug-likeness (QED) is 0.695. The number of hydrogen-bond acceptors (Lipinski definition) is 5. The summed E-state index contributed by atoms with van der Waals surface area (Å²) in [6.07, 6.45) is 10.2. The first-order chi connectivity index (χ1) is 13.2. The molecule has 1 fully saturated rings. The molecule has 1 saturated heterocycles. The van der Waals surface area contributed by atoms with Gasteiger partial charge in [-0.25, -0.2) is 4.98 Å². The molecule has 3 aromatic heterocycles. The Kier molecular flexibility index (Phi) is 5.00. The van der Waals surface area contributed by atoms with E-state index in [-0.39, 0.29) is 11.8 Å². The van der Waals surface area contributed by atoms with Crippen molar-refractivity contribution in [3.8, 4) is 0 Å². The second-order valence-electron chi connectivity index (χ2n) is 6.90. The molecule has 4 heterocycles. The minimum absolute atomic E-state index is 0.0859. The van der Waals surface area contributed by atoms with Gasteiger partial charge in [-0.3, -0.25) is 9.78 Å². The maximum Gasteiger partial charge on any atom is 0.292 e. The number of carbonyl (C=O) groups is 1. The number of nitrogens with zero attached hydrogens (tertiary/aromatic N) is 5. The van der Waals surface area contributed by atoms with Gasteiger partial charge in [-0.2, -0.15) is 0 Å². The molecule has 3 aromatic rings. The number of rotatable bonds is 5. The van der Waals surface area contributed by atoms with Crippen LogP contribution in [0.1, 0.15) is 53.3 Å². The average Bonchev–Trinajstić information content (AvgIpc) is 3.38. The van der Waals surface area contributed by atoms with Gasteiger partial charge in [0.1, 0.15) is 5.82 Å². The van der Waals surface area contributed by atoms with Crippen LogP contribution >= 0.6 is 0 Å². The van der Waals surface area contributed by atoms with E-state index in [0.717, 1.165) is 49.4 Å². The van der Waals surface area contributed by atoms with E-state index in [9.17, 15) is 4.79 Å². The molecule has 1 amide bonds. The van der Waals surface area contributed by atoms with Crippen LogP contribution in [0.15, 0.2) is 47.5 Å². The second kappa shape index (κ2) is 7.73. The van der Waals surface area contributed by atoms with Crippen LogP contribution in [0.2, 0.25) is 0 Å². The fraction of sp³-hybridized carbons (Fsp3) is 0.400. The molecule has 0 radical (unpaired) electrons. The highest BCUT2D eigenvalue weighted by atomic mass is 16.5. The lowest BCUT2D eigenvalue weighted by atomic mass is 9.96. The van der Waals surface area contributed by atoms with Gasteiger partial charge in [-0.15, -0.1) is 0 Å². The van der Waals surface area contributed by atoms with E-state index in [1.807, 2.05) is 36.5 Å². The van der Waals surface area contributed by atoms with E-state index in [1.165, 1.54) is 0 Å². The molecule has 4 rings (SSSR count). The third-order valence-corrected chi connectivity index (χ3v) is 5.03. The van der Waals surface area contributed by atoms with Gasteiger partial charge in [0.15, 0.2) is 0 Å². The summed E-state index contributed by atoms with van der Waals surface area (Å²) in [5.41, 5.74) is 1.94. The van der Waals surface area contributed by atoms with E-state index in [2.05, 4.69) is 25.8 Å². The summed E-state index contributed by atoms with van der Waals surface area (Å²) in [6, 6.07) is 5.74. The highest BCUT2D eigenvalue weighted by molar-refractivity contribution is 5.91. The van der Waals surface area contributed by atoms with Gasteiger partial charge in [0.2, 0.25) is 5.76 Å². The summed E-state index contributed by atoms with van der Waals surface area (Å²) < 4.78 is 7.38. The van der Waals surface area contributed by atoms with Gasteiger partial charge in [-0.1, -0.05) is 18.1 Å². The van der Waals surface area contributed by atoms with Crippen LogP contribution in [0.3, 0.4) is 0 Å². The van der Waals surface area contributed by atoms with Gasteiger partial charge in [0, 0.05) is 49.9 Å². The normalized spacial score (nSPS) is 17.2. The molecule has 7 heteroatoms. The molecule has 0 bridgehead atoms. The Morgan fingerprint density at radius 1 is 1.37 bits per heavy atom. The molecule has 0 unspecified atom stereocenters. The SMILES string of the molecule is CCc1cc(C(=O)N2CCC[C@@H](c3nccn3Cc3cccnc3)C2)on1. The van der Waals surface area contributed by atoms with Gasteiger partial charge >= 0.3 is 0 Å². The number of carbonyl (C=O) groups excluding carboxylic acids is 1. The number of hydrogen-bond donors (Lipinski definition) is 0. The van der Waals surface area contributed by atoms with Gasteiger partial charge in [0.25, 0.3) is 5.91 Å². The number of likely N-dealkylation sites (tertiary alicyclic amines) is 1. The second-order valence-corrected chi connectivity index (χ2v) is 6.90. The number of pyridine rings is 1. The Hall–Kier alpha value is -2.96. The zero-order valence-electron chi connectivity index (χ0n) is 15.4. The third kappa shape index (κ3) is 3.77. The molecule has 0 saturated carbocycles. The highest BCUT2D eigenvalue weighted by Gasteiger charge is 2.29. The zero-order chi connectivity index (χ0) is 18.6. The van der Waals surface area contributed by atoms with E-state index in [4.69, 9.17) is 4.52 Å². The lowest BCUT2D eigenvalue weighted by molar-refractivity contribution is 0.0661. The number of piperidine rings is 1. The van der Waals surface area contributed by atoms with E-state index in [1.54, 1.807) is 12.3 Å². The Morgan fingerprint density at radius 3 is 3.07 bits per heavy atom. The Morgan fingerprint density at radius 2 is 2.30 bits per heavy atom. The minimum Gasteiger partial charge on any atom is -0.351 e. The van der Waals surface area contributed by atoms with Crippen LogP contribution in [-0.2, 0) is 13.0 Å². The molecule has 7 nitrogen and oxygen atoms in total. The van der Waals surface area contributed by atoms with Crippen LogP contribution in [0.5, 0.6) is 0 Å². The predicted molar refractivity (Wildman–Crippen MR) is 99.3 cm³/mol. The lowest BCUT2D eigenvalue weighted by Crippen LogP contribution is -2.39. The van der Waals surface area contributed by atoms with Crippen molar-refractivity contribution in [2.24, 2.45) is 0 Å². The van der Waals surface area contributed by atoms with E-state index >= 15 is 0 Å². The Bertz CT molecular complexity index is 902. The van der Waals surface area contributed by atoms with Crippen molar-refractivity contribution < 1.29 is 9.32 Å². The van der Waals surface area contributed by atoms with Crippen molar-refractivity contribution in [1.29, 1.82) is 0 Å². The molecule has 1 aliphatic heterocycles. The fourth-order valence-electron chi connectivity index (χ4n) is 3.61. The van der Waals surface area contributed by atoms with Crippen LogP contribution in [0.25, 0.3) is 0 Å². The summed E-state index contributed by atoms with van der Waals surface area (Å²) in [5.74, 6) is 1.47. The molecule has 1 atom stereocenters.